The molecule has 0 bridgehead atoms. The zero-order chi connectivity index (χ0) is 21.1. The number of benzene rings is 2. The van der Waals surface area contributed by atoms with Crippen molar-refractivity contribution in [3.05, 3.63) is 59.1 Å². The number of fused-ring (bicyclic) bond motifs is 1. The van der Waals surface area contributed by atoms with Crippen molar-refractivity contribution in [2.45, 2.75) is 12.6 Å². The van der Waals surface area contributed by atoms with Gasteiger partial charge in [0.2, 0.25) is 5.91 Å². The fourth-order valence-electron chi connectivity index (χ4n) is 3.72. The summed E-state index contributed by atoms with van der Waals surface area (Å²) < 4.78 is 6.39. The molecular formula is C22H24N4O3S. The standard InChI is InChI=1S/C22H24N4O3S/c1-23-21(27)18-13-25(14-20-24-17-8-3-4-9-19(17)30-20)10-11-26(18)22(28)15-6-5-7-16(12-15)29-2/h3-9,12,18H,10-11,13-14H2,1-2H3,(H,23,27). The number of hydrogen-bond donors (Lipinski definition) is 1. The highest BCUT2D eigenvalue weighted by molar-refractivity contribution is 7.18. The van der Waals surface area contributed by atoms with Crippen molar-refractivity contribution >= 4 is 33.4 Å². The van der Waals surface area contributed by atoms with Crippen molar-refractivity contribution in [3.8, 4) is 5.75 Å². The van der Waals surface area contributed by atoms with Crippen LogP contribution in [0.2, 0.25) is 0 Å². The Kier molecular flexibility index (Phi) is 5.96. The maximum Gasteiger partial charge on any atom is 0.254 e. The number of piperazine rings is 1. The largest absolute Gasteiger partial charge is 0.497 e. The van der Waals surface area contributed by atoms with E-state index in [1.165, 1.54) is 0 Å². The topological polar surface area (TPSA) is 74.8 Å². The normalized spacial score (nSPS) is 17.1. The number of likely N-dealkylation sites (N-methyl/N-ethyl adjacent to an activating group) is 1. The average molecular weight is 425 g/mol. The summed E-state index contributed by atoms with van der Waals surface area (Å²) >= 11 is 1.67. The number of nitrogens with one attached hydrogen (secondary N) is 1. The van der Waals surface area contributed by atoms with Crippen molar-refractivity contribution < 1.29 is 14.3 Å². The zero-order valence-corrected chi connectivity index (χ0v) is 17.8. The van der Waals surface area contributed by atoms with Crippen LogP contribution in [0.5, 0.6) is 5.75 Å². The molecule has 3 aromatic rings. The van der Waals surface area contributed by atoms with Gasteiger partial charge in [0.1, 0.15) is 16.8 Å². The molecule has 30 heavy (non-hydrogen) atoms. The van der Waals surface area contributed by atoms with Crippen molar-refractivity contribution in [2.75, 3.05) is 33.8 Å². The van der Waals surface area contributed by atoms with Crippen molar-refractivity contribution in [3.63, 3.8) is 0 Å². The van der Waals surface area contributed by atoms with Crippen LogP contribution in [-0.4, -0.2) is 66.4 Å². The smallest absolute Gasteiger partial charge is 0.254 e. The molecule has 1 unspecified atom stereocenters. The fraction of sp³-hybridized carbons (Fsp3) is 0.318. The highest BCUT2D eigenvalue weighted by atomic mass is 32.1. The Bertz CT molecular complexity index is 1030. The van der Waals surface area contributed by atoms with Crippen molar-refractivity contribution in [2.24, 2.45) is 0 Å². The Hall–Kier alpha value is -2.97. The predicted molar refractivity (Wildman–Crippen MR) is 117 cm³/mol. The monoisotopic (exact) mass is 424 g/mol. The first-order chi connectivity index (χ1) is 14.6. The molecule has 1 aliphatic heterocycles. The van der Waals surface area contributed by atoms with Crippen LogP contribution >= 0.6 is 11.3 Å². The molecule has 1 saturated heterocycles. The lowest BCUT2D eigenvalue weighted by atomic mass is 10.1. The summed E-state index contributed by atoms with van der Waals surface area (Å²) in [5, 5.41) is 3.72. The predicted octanol–water partition coefficient (Wildman–Crippen LogP) is 2.38. The van der Waals surface area contributed by atoms with Crippen molar-refractivity contribution in [1.82, 2.24) is 20.1 Å². The van der Waals surface area contributed by atoms with Gasteiger partial charge in [-0.25, -0.2) is 4.98 Å². The Labute approximate surface area is 179 Å². The van der Waals surface area contributed by atoms with Gasteiger partial charge < -0.3 is 15.0 Å². The number of methoxy groups -OCH3 is 1. The first kappa shape index (κ1) is 20.3. The van der Waals surface area contributed by atoms with E-state index in [-0.39, 0.29) is 11.8 Å². The number of para-hydroxylation sites is 1. The summed E-state index contributed by atoms with van der Waals surface area (Å²) in [7, 11) is 3.17. The number of ether oxygens (including phenoxy) is 1. The summed E-state index contributed by atoms with van der Waals surface area (Å²) in [5.74, 6) is 0.286. The van der Waals surface area contributed by atoms with E-state index in [0.717, 1.165) is 15.2 Å². The molecule has 0 radical (unpaired) electrons. The SMILES string of the molecule is CNC(=O)C1CN(Cc2nc3ccccc3s2)CCN1C(=O)c1cccc(OC)c1. The molecular weight excluding hydrogens is 400 g/mol. The lowest BCUT2D eigenvalue weighted by Gasteiger charge is -2.40. The summed E-state index contributed by atoms with van der Waals surface area (Å²) in [5.41, 5.74) is 1.51. The third-order valence-electron chi connectivity index (χ3n) is 5.29. The second-order valence-electron chi connectivity index (χ2n) is 7.17. The van der Waals surface area contributed by atoms with Gasteiger partial charge in [-0.05, 0) is 30.3 Å². The lowest BCUT2D eigenvalue weighted by Crippen LogP contribution is -2.60. The number of carbonyl (C=O) groups excluding carboxylic acids is 2. The van der Waals surface area contributed by atoms with Crippen LogP contribution in [-0.2, 0) is 11.3 Å². The average Bonchev–Trinajstić information content (AvgIpc) is 3.20. The van der Waals surface area contributed by atoms with Crippen LogP contribution in [0.4, 0.5) is 0 Å². The second-order valence-corrected chi connectivity index (χ2v) is 8.29. The maximum absolute atomic E-state index is 13.1. The third-order valence-corrected chi connectivity index (χ3v) is 6.31. The van der Waals surface area contributed by atoms with Crippen LogP contribution in [0, 0.1) is 0 Å². The molecule has 7 nitrogen and oxygen atoms in total. The van der Waals surface area contributed by atoms with E-state index in [2.05, 4.69) is 16.3 Å². The molecule has 1 aromatic heterocycles. The van der Waals surface area contributed by atoms with Gasteiger partial charge in [-0.2, -0.15) is 0 Å². The van der Waals surface area contributed by atoms with Crippen LogP contribution in [0.1, 0.15) is 15.4 Å². The molecule has 2 aromatic carbocycles. The van der Waals surface area contributed by atoms with Gasteiger partial charge in [-0.3, -0.25) is 14.5 Å². The highest BCUT2D eigenvalue weighted by Gasteiger charge is 2.35. The Morgan fingerprint density at radius 1 is 1.20 bits per heavy atom. The fourth-order valence-corrected chi connectivity index (χ4v) is 4.73. The Morgan fingerprint density at radius 2 is 2.03 bits per heavy atom. The van der Waals surface area contributed by atoms with E-state index in [4.69, 9.17) is 9.72 Å². The van der Waals surface area contributed by atoms with Gasteiger partial charge in [0.15, 0.2) is 0 Å². The van der Waals surface area contributed by atoms with Gasteiger partial charge >= 0.3 is 0 Å². The zero-order valence-electron chi connectivity index (χ0n) is 17.0. The van der Waals surface area contributed by atoms with Crippen LogP contribution in [0.15, 0.2) is 48.5 Å². The van der Waals surface area contributed by atoms with Crippen LogP contribution < -0.4 is 10.1 Å². The van der Waals surface area contributed by atoms with E-state index in [9.17, 15) is 9.59 Å². The van der Waals surface area contributed by atoms with E-state index >= 15 is 0 Å². The minimum absolute atomic E-state index is 0.165. The molecule has 0 aliphatic carbocycles. The van der Waals surface area contributed by atoms with E-state index < -0.39 is 6.04 Å². The Morgan fingerprint density at radius 3 is 2.80 bits per heavy atom. The Balaban J connectivity index is 1.51. The number of amides is 2. The van der Waals surface area contributed by atoms with Crippen LogP contribution in [0.25, 0.3) is 10.2 Å². The van der Waals surface area contributed by atoms with Gasteiger partial charge in [0.25, 0.3) is 5.91 Å². The molecule has 2 heterocycles. The van der Waals surface area contributed by atoms with E-state index in [1.54, 1.807) is 54.7 Å². The number of thiazole rings is 1. The first-order valence-corrected chi connectivity index (χ1v) is 10.6. The molecule has 156 valence electrons. The van der Waals surface area contributed by atoms with Gasteiger partial charge in [0.05, 0.1) is 23.9 Å². The summed E-state index contributed by atoms with van der Waals surface area (Å²) in [6.45, 7) is 2.28. The quantitative estimate of drug-likeness (QED) is 0.681. The van der Waals surface area contributed by atoms with Crippen LogP contribution in [0.3, 0.4) is 0 Å². The molecule has 2 amide bonds. The van der Waals surface area contributed by atoms with Gasteiger partial charge in [0, 0.05) is 32.2 Å². The molecule has 1 fully saturated rings. The molecule has 1 atom stereocenters. The van der Waals surface area contributed by atoms with E-state index in [1.807, 2.05) is 18.2 Å². The number of hydrogen-bond acceptors (Lipinski definition) is 6. The minimum atomic E-state index is -0.558. The number of aromatic nitrogens is 1. The summed E-state index contributed by atoms with van der Waals surface area (Å²) in [6, 6.07) is 14.5. The van der Waals surface area contributed by atoms with Gasteiger partial charge in [-0.1, -0.05) is 18.2 Å². The molecule has 4 rings (SSSR count). The lowest BCUT2D eigenvalue weighted by molar-refractivity contribution is -0.127. The summed E-state index contributed by atoms with van der Waals surface area (Å²) in [6.07, 6.45) is 0. The maximum atomic E-state index is 13.1. The summed E-state index contributed by atoms with van der Waals surface area (Å²) in [4.78, 5) is 34.3. The highest BCUT2D eigenvalue weighted by Crippen LogP contribution is 2.24. The van der Waals surface area contributed by atoms with Crippen molar-refractivity contribution in [1.29, 1.82) is 0 Å². The first-order valence-electron chi connectivity index (χ1n) is 9.82. The number of nitrogens with zero attached hydrogens (tertiary/aromatic N) is 3. The molecule has 0 spiro atoms. The van der Waals surface area contributed by atoms with E-state index in [0.29, 0.717) is 37.5 Å². The molecule has 8 heteroatoms. The number of rotatable bonds is 5. The molecule has 1 N–H and O–H groups in total. The third kappa shape index (κ3) is 4.15. The molecule has 0 saturated carbocycles. The van der Waals surface area contributed by atoms with Gasteiger partial charge in [-0.15, -0.1) is 11.3 Å². The number of carbonyl (C=O) groups is 2. The minimum Gasteiger partial charge on any atom is -0.497 e. The second kappa shape index (κ2) is 8.81. The molecule has 1 aliphatic rings.